The minimum Gasteiger partial charge on any atom is -0.344 e. The minimum atomic E-state index is 0. The number of hydrogen-bond acceptors (Lipinski definition) is 2. The normalized spacial score (nSPS) is 10.6. The summed E-state index contributed by atoms with van der Waals surface area (Å²) < 4.78 is 0. The quantitative estimate of drug-likeness (QED) is 0.288. The summed E-state index contributed by atoms with van der Waals surface area (Å²) in [5.74, 6) is 0. The summed E-state index contributed by atoms with van der Waals surface area (Å²) in [6.45, 7) is 4.47. The predicted octanol–water partition coefficient (Wildman–Crippen LogP) is 7.42. The Hall–Kier alpha value is -0.860. The van der Waals surface area contributed by atoms with E-state index in [-0.39, 0.29) is 6.15 Å². The molecule has 25 heavy (non-hydrogen) atoms. The Bertz CT molecular complexity index is 350. The minimum absolute atomic E-state index is 0. The highest BCUT2D eigenvalue weighted by Gasteiger charge is 1.95. The van der Waals surface area contributed by atoms with Gasteiger partial charge in [-0.15, -0.1) is 0 Å². The van der Waals surface area contributed by atoms with Crippen molar-refractivity contribution in [1.29, 1.82) is 0 Å². The molecule has 2 heteroatoms. The first-order chi connectivity index (χ1) is 11.9. The van der Waals surface area contributed by atoms with E-state index in [1.165, 1.54) is 95.5 Å². The van der Waals surface area contributed by atoms with Gasteiger partial charge in [0.1, 0.15) is 0 Å². The molecule has 1 aromatic carbocycles. The molecule has 0 aliphatic carbocycles. The summed E-state index contributed by atoms with van der Waals surface area (Å²) in [5, 5.41) is 3.55. The van der Waals surface area contributed by atoms with Crippen molar-refractivity contribution in [2.24, 2.45) is 0 Å². The third kappa shape index (κ3) is 16.4. The second kappa shape index (κ2) is 19.5. The van der Waals surface area contributed by atoms with Crippen LogP contribution in [0.25, 0.3) is 0 Å². The molecule has 2 nitrogen and oxygen atoms in total. The van der Waals surface area contributed by atoms with Gasteiger partial charge in [0.15, 0.2) is 0 Å². The maximum atomic E-state index is 3.55. The largest absolute Gasteiger partial charge is 0.344 e. The molecule has 0 fully saturated rings. The van der Waals surface area contributed by atoms with E-state index in [4.69, 9.17) is 0 Å². The maximum Gasteiger partial charge on any atom is 0.0205 e. The van der Waals surface area contributed by atoms with Gasteiger partial charge in [0, 0.05) is 6.54 Å². The molecule has 0 aliphatic rings. The van der Waals surface area contributed by atoms with Gasteiger partial charge in [0.05, 0.1) is 0 Å². The Morgan fingerprint density at radius 3 is 1.52 bits per heavy atom. The number of benzene rings is 1. The lowest BCUT2D eigenvalue weighted by Gasteiger charge is -2.05. The van der Waals surface area contributed by atoms with Crippen LogP contribution in [0.5, 0.6) is 0 Å². The van der Waals surface area contributed by atoms with Crippen molar-refractivity contribution in [3.05, 3.63) is 35.9 Å². The van der Waals surface area contributed by atoms with Crippen LogP contribution in [0.15, 0.2) is 30.3 Å². The SMILES string of the molecule is CCCCCCCCCCCCCCCCNCc1ccccc1.N. The van der Waals surface area contributed by atoms with E-state index in [2.05, 4.69) is 42.6 Å². The van der Waals surface area contributed by atoms with E-state index in [1.807, 2.05) is 0 Å². The number of unbranched alkanes of at least 4 members (excludes halogenated alkanes) is 13. The first kappa shape index (κ1) is 24.1. The van der Waals surface area contributed by atoms with E-state index < -0.39 is 0 Å². The molecule has 0 atom stereocenters. The monoisotopic (exact) mass is 348 g/mol. The second-order valence-electron chi connectivity index (χ2n) is 7.26. The maximum absolute atomic E-state index is 3.55. The van der Waals surface area contributed by atoms with Gasteiger partial charge in [-0.1, -0.05) is 121 Å². The van der Waals surface area contributed by atoms with E-state index in [1.54, 1.807) is 0 Å². The van der Waals surface area contributed by atoms with Gasteiger partial charge in [-0.3, -0.25) is 0 Å². The zero-order chi connectivity index (χ0) is 17.1. The van der Waals surface area contributed by atoms with E-state index in [0.29, 0.717) is 0 Å². The lowest BCUT2D eigenvalue weighted by Crippen LogP contribution is -2.14. The molecular weight excluding hydrogens is 304 g/mol. The number of rotatable bonds is 17. The van der Waals surface area contributed by atoms with Crippen LogP contribution in [0.1, 0.15) is 102 Å². The molecule has 0 heterocycles. The highest BCUT2D eigenvalue weighted by Crippen LogP contribution is 2.12. The first-order valence-electron chi connectivity index (χ1n) is 10.7. The molecule has 1 rings (SSSR count). The van der Waals surface area contributed by atoms with Gasteiger partial charge in [0.2, 0.25) is 0 Å². The molecule has 1 aromatic rings. The van der Waals surface area contributed by atoms with E-state index in [0.717, 1.165) is 13.1 Å². The van der Waals surface area contributed by atoms with Gasteiger partial charge in [-0.05, 0) is 18.5 Å². The van der Waals surface area contributed by atoms with Crippen LogP contribution in [0.2, 0.25) is 0 Å². The highest BCUT2D eigenvalue weighted by atomic mass is 14.8. The van der Waals surface area contributed by atoms with Crippen LogP contribution in [0.3, 0.4) is 0 Å². The Labute approximate surface area is 157 Å². The molecule has 0 aromatic heterocycles. The van der Waals surface area contributed by atoms with Gasteiger partial charge in [0.25, 0.3) is 0 Å². The molecule has 0 unspecified atom stereocenters. The summed E-state index contributed by atoms with van der Waals surface area (Å²) in [4.78, 5) is 0. The third-order valence-electron chi connectivity index (χ3n) is 4.88. The average Bonchev–Trinajstić information content (AvgIpc) is 2.62. The molecular formula is C23H44N2. The van der Waals surface area contributed by atoms with Gasteiger partial charge < -0.3 is 11.5 Å². The molecule has 0 saturated carbocycles. The van der Waals surface area contributed by atoms with Crippen LogP contribution < -0.4 is 11.5 Å². The molecule has 0 spiro atoms. The zero-order valence-electron chi connectivity index (χ0n) is 16.9. The first-order valence-corrected chi connectivity index (χ1v) is 10.7. The van der Waals surface area contributed by atoms with Crippen LogP contribution in [0.4, 0.5) is 0 Å². The number of nitrogens with one attached hydrogen (secondary N) is 1. The summed E-state index contributed by atoms with van der Waals surface area (Å²) in [5.41, 5.74) is 1.39. The van der Waals surface area contributed by atoms with Crippen molar-refractivity contribution in [1.82, 2.24) is 11.5 Å². The Morgan fingerprint density at radius 2 is 1.04 bits per heavy atom. The fraction of sp³-hybridized carbons (Fsp3) is 0.739. The highest BCUT2D eigenvalue weighted by molar-refractivity contribution is 5.14. The molecule has 0 aliphatic heterocycles. The summed E-state index contributed by atoms with van der Waals surface area (Å²) in [6.07, 6.45) is 20.1. The summed E-state index contributed by atoms with van der Waals surface area (Å²) >= 11 is 0. The predicted molar refractivity (Wildman–Crippen MR) is 113 cm³/mol. The van der Waals surface area contributed by atoms with Crippen molar-refractivity contribution in [3.63, 3.8) is 0 Å². The standard InChI is InChI=1S/C23H41N.H3N/c1-2-3-4-5-6-7-8-9-10-11-12-13-14-18-21-24-22-23-19-16-15-17-20-23;/h15-17,19-20,24H,2-14,18,21-22H2,1H3;1H3. The molecule has 0 amide bonds. The van der Waals surface area contributed by atoms with Crippen molar-refractivity contribution in [3.8, 4) is 0 Å². The molecule has 146 valence electrons. The lowest BCUT2D eigenvalue weighted by atomic mass is 10.0. The Balaban J connectivity index is 0.00000576. The van der Waals surface area contributed by atoms with Crippen LogP contribution >= 0.6 is 0 Å². The molecule has 0 saturated heterocycles. The summed E-state index contributed by atoms with van der Waals surface area (Å²) in [6, 6.07) is 10.7. The molecule has 0 radical (unpaired) electrons. The van der Waals surface area contributed by atoms with E-state index in [9.17, 15) is 0 Å². The average molecular weight is 349 g/mol. The second-order valence-corrected chi connectivity index (χ2v) is 7.26. The number of hydrogen-bond donors (Lipinski definition) is 2. The van der Waals surface area contributed by atoms with Gasteiger partial charge in [-0.25, -0.2) is 0 Å². The molecule has 4 N–H and O–H groups in total. The Kier molecular flexibility index (Phi) is 18.8. The smallest absolute Gasteiger partial charge is 0.0205 e. The van der Waals surface area contributed by atoms with Crippen LogP contribution in [0, 0.1) is 0 Å². The fourth-order valence-corrected chi connectivity index (χ4v) is 3.27. The van der Waals surface area contributed by atoms with Crippen molar-refractivity contribution in [2.75, 3.05) is 6.54 Å². The van der Waals surface area contributed by atoms with Gasteiger partial charge in [-0.2, -0.15) is 0 Å². The van der Waals surface area contributed by atoms with Crippen LogP contribution in [-0.2, 0) is 6.54 Å². The van der Waals surface area contributed by atoms with Crippen molar-refractivity contribution in [2.45, 2.75) is 103 Å². The molecule has 0 bridgehead atoms. The lowest BCUT2D eigenvalue weighted by molar-refractivity contribution is 0.529. The Morgan fingerprint density at radius 1 is 0.600 bits per heavy atom. The van der Waals surface area contributed by atoms with Gasteiger partial charge >= 0.3 is 0 Å². The van der Waals surface area contributed by atoms with E-state index >= 15 is 0 Å². The van der Waals surface area contributed by atoms with Crippen LogP contribution in [-0.4, -0.2) is 6.54 Å². The fourth-order valence-electron chi connectivity index (χ4n) is 3.27. The third-order valence-corrected chi connectivity index (χ3v) is 4.88. The summed E-state index contributed by atoms with van der Waals surface area (Å²) in [7, 11) is 0. The van der Waals surface area contributed by atoms with Crippen molar-refractivity contribution >= 4 is 0 Å². The topological polar surface area (TPSA) is 47.0 Å². The van der Waals surface area contributed by atoms with Crippen molar-refractivity contribution < 1.29 is 0 Å². The zero-order valence-corrected chi connectivity index (χ0v) is 16.9.